The van der Waals surface area contributed by atoms with Crippen molar-refractivity contribution in [2.24, 2.45) is 0 Å². The van der Waals surface area contributed by atoms with Gasteiger partial charge in [0.05, 0.1) is 5.75 Å². The largest absolute Gasteiger partial charge is 0.458 e. The number of carbonyl (C=O) groups excluding carboxylic acids is 2. The molecule has 1 aliphatic heterocycles. The van der Waals surface area contributed by atoms with Gasteiger partial charge in [0, 0.05) is 19.2 Å². The van der Waals surface area contributed by atoms with Crippen LogP contribution in [0.2, 0.25) is 0 Å². The highest BCUT2D eigenvalue weighted by Gasteiger charge is 2.36. The second-order valence-electron chi connectivity index (χ2n) is 6.16. The first-order chi connectivity index (χ1) is 8.99. The summed E-state index contributed by atoms with van der Waals surface area (Å²) >= 11 is 0. The summed E-state index contributed by atoms with van der Waals surface area (Å²) in [6, 6.07) is -0.582. The van der Waals surface area contributed by atoms with E-state index in [4.69, 9.17) is 4.74 Å². The van der Waals surface area contributed by atoms with E-state index in [1.54, 1.807) is 20.8 Å². The summed E-state index contributed by atoms with van der Waals surface area (Å²) in [5.74, 6) is -0.907. The van der Waals surface area contributed by atoms with Crippen LogP contribution in [0.3, 0.4) is 0 Å². The van der Waals surface area contributed by atoms with Gasteiger partial charge in [-0.3, -0.25) is 4.79 Å². The zero-order valence-corrected chi connectivity index (χ0v) is 13.3. The fraction of sp³-hybridized carbons (Fsp3) is 0.846. The van der Waals surface area contributed by atoms with E-state index >= 15 is 0 Å². The van der Waals surface area contributed by atoms with Crippen molar-refractivity contribution in [3.05, 3.63) is 0 Å². The van der Waals surface area contributed by atoms with E-state index in [9.17, 15) is 18.0 Å². The molecule has 1 aliphatic rings. The third-order valence-corrected chi connectivity index (χ3v) is 3.88. The zero-order valence-electron chi connectivity index (χ0n) is 12.5. The van der Waals surface area contributed by atoms with E-state index < -0.39 is 27.4 Å². The number of likely N-dealkylation sites (tertiary alicyclic amines) is 1. The highest BCUT2D eigenvalue weighted by Crippen LogP contribution is 2.22. The predicted octanol–water partition coefficient (Wildman–Crippen LogP) is 0.754. The number of ether oxygens (including phenoxy) is 1. The van der Waals surface area contributed by atoms with Crippen molar-refractivity contribution >= 4 is 21.7 Å². The van der Waals surface area contributed by atoms with E-state index in [0.717, 1.165) is 12.7 Å². The molecule has 0 bridgehead atoms. The molecular weight excluding hydrogens is 282 g/mol. The van der Waals surface area contributed by atoms with Crippen LogP contribution in [0.5, 0.6) is 0 Å². The Labute approximate surface area is 120 Å². The number of hydrogen-bond donors (Lipinski definition) is 0. The Morgan fingerprint density at radius 3 is 2.40 bits per heavy atom. The highest BCUT2D eigenvalue weighted by atomic mass is 32.2. The molecule has 1 saturated heterocycles. The summed E-state index contributed by atoms with van der Waals surface area (Å²) in [6.07, 6.45) is 2.31. The number of rotatable bonds is 4. The van der Waals surface area contributed by atoms with Gasteiger partial charge in [-0.05, 0) is 33.6 Å². The van der Waals surface area contributed by atoms with Crippen molar-refractivity contribution in [2.75, 3.05) is 18.6 Å². The van der Waals surface area contributed by atoms with Crippen molar-refractivity contribution in [3.63, 3.8) is 0 Å². The van der Waals surface area contributed by atoms with Crippen LogP contribution in [0.4, 0.5) is 0 Å². The minimum Gasteiger partial charge on any atom is -0.458 e. The molecule has 0 radical (unpaired) electrons. The Kier molecular flexibility index (Phi) is 5.18. The molecule has 7 heteroatoms. The summed E-state index contributed by atoms with van der Waals surface area (Å²) < 4.78 is 27.5. The van der Waals surface area contributed by atoms with Gasteiger partial charge in [0.2, 0.25) is 5.91 Å². The first-order valence-corrected chi connectivity index (χ1v) is 8.76. The average molecular weight is 305 g/mol. The van der Waals surface area contributed by atoms with E-state index in [2.05, 4.69) is 0 Å². The molecule has 0 aromatic carbocycles. The molecule has 6 nitrogen and oxygen atoms in total. The minimum atomic E-state index is -3.18. The zero-order chi connectivity index (χ0) is 15.6. The number of sulfone groups is 1. The number of hydrogen-bond acceptors (Lipinski definition) is 5. The molecule has 1 rings (SSSR count). The highest BCUT2D eigenvalue weighted by molar-refractivity contribution is 7.90. The number of nitrogens with zero attached hydrogens (tertiary/aromatic N) is 1. The Morgan fingerprint density at radius 2 is 1.90 bits per heavy atom. The van der Waals surface area contributed by atoms with Gasteiger partial charge in [0.25, 0.3) is 0 Å². The molecule has 0 aromatic heterocycles. The Bertz CT molecular complexity index is 477. The fourth-order valence-electron chi connectivity index (χ4n) is 2.10. The van der Waals surface area contributed by atoms with Crippen molar-refractivity contribution in [1.82, 2.24) is 4.90 Å². The van der Waals surface area contributed by atoms with Gasteiger partial charge in [-0.25, -0.2) is 13.2 Å². The van der Waals surface area contributed by atoms with Gasteiger partial charge in [-0.15, -0.1) is 0 Å². The van der Waals surface area contributed by atoms with Gasteiger partial charge in [0.15, 0.2) is 0 Å². The molecule has 116 valence electrons. The molecule has 1 fully saturated rings. The maximum atomic E-state index is 12.0. The molecule has 0 aliphatic carbocycles. The van der Waals surface area contributed by atoms with E-state index in [-0.39, 0.29) is 18.1 Å². The lowest BCUT2D eigenvalue weighted by Crippen LogP contribution is -2.43. The normalized spacial score (nSPS) is 20.0. The summed E-state index contributed by atoms with van der Waals surface area (Å²) in [4.78, 5) is 25.5. The Hall–Kier alpha value is -1.11. The molecule has 1 heterocycles. The van der Waals surface area contributed by atoms with Crippen molar-refractivity contribution in [3.8, 4) is 0 Å². The molecular formula is C13H23NO5S. The van der Waals surface area contributed by atoms with Crippen LogP contribution in [-0.2, 0) is 24.2 Å². The summed E-state index contributed by atoms with van der Waals surface area (Å²) in [5, 5.41) is 0. The van der Waals surface area contributed by atoms with Gasteiger partial charge in [-0.1, -0.05) is 0 Å². The summed E-state index contributed by atoms with van der Waals surface area (Å²) in [5.41, 5.74) is -0.596. The predicted molar refractivity (Wildman–Crippen MR) is 74.9 cm³/mol. The van der Waals surface area contributed by atoms with Crippen LogP contribution in [0.15, 0.2) is 0 Å². The van der Waals surface area contributed by atoms with Gasteiger partial charge < -0.3 is 9.64 Å². The maximum absolute atomic E-state index is 12.0. The molecule has 1 amide bonds. The molecule has 0 unspecified atom stereocenters. The SMILES string of the molecule is CC(C)(C)OC(=O)[C@H]1CCCN1C(=O)CCS(C)(=O)=O. The topological polar surface area (TPSA) is 80.8 Å². The van der Waals surface area contributed by atoms with Gasteiger partial charge >= 0.3 is 5.97 Å². The molecule has 0 N–H and O–H groups in total. The minimum absolute atomic E-state index is 0.0852. The van der Waals surface area contributed by atoms with Crippen LogP contribution < -0.4 is 0 Å². The number of esters is 1. The molecule has 1 atom stereocenters. The molecule has 0 aromatic rings. The Balaban J connectivity index is 2.65. The van der Waals surface area contributed by atoms with Crippen molar-refractivity contribution in [2.45, 2.75) is 51.7 Å². The lowest BCUT2D eigenvalue weighted by atomic mass is 10.1. The number of carbonyl (C=O) groups is 2. The summed E-state index contributed by atoms with van der Waals surface area (Å²) in [6.45, 7) is 5.80. The average Bonchev–Trinajstić information content (AvgIpc) is 2.71. The lowest BCUT2D eigenvalue weighted by molar-refractivity contribution is -0.163. The smallest absolute Gasteiger partial charge is 0.329 e. The molecule has 0 saturated carbocycles. The van der Waals surface area contributed by atoms with Crippen LogP contribution in [-0.4, -0.2) is 55.4 Å². The quantitative estimate of drug-likeness (QED) is 0.716. The Morgan fingerprint density at radius 1 is 1.30 bits per heavy atom. The first-order valence-electron chi connectivity index (χ1n) is 6.70. The van der Waals surface area contributed by atoms with E-state index in [1.165, 1.54) is 4.90 Å². The first kappa shape index (κ1) is 16.9. The third kappa shape index (κ3) is 5.48. The van der Waals surface area contributed by atoms with Crippen molar-refractivity contribution in [1.29, 1.82) is 0 Å². The van der Waals surface area contributed by atoms with E-state index in [1.807, 2.05) is 0 Å². The standard InChI is InChI=1S/C13H23NO5S/c1-13(2,3)19-12(16)10-6-5-8-14(10)11(15)7-9-20(4,17)18/h10H,5-9H2,1-4H3/t10-/m1/s1. The molecule has 0 spiro atoms. The second-order valence-corrected chi connectivity index (χ2v) is 8.42. The van der Waals surface area contributed by atoms with Crippen LogP contribution >= 0.6 is 0 Å². The van der Waals surface area contributed by atoms with E-state index in [0.29, 0.717) is 13.0 Å². The monoisotopic (exact) mass is 305 g/mol. The maximum Gasteiger partial charge on any atom is 0.329 e. The van der Waals surface area contributed by atoms with Crippen LogP contribution in [0, 0.1) is 0 Å². The second kappa shape index (κ2) is 6.11. The van der Waals surface area contributed by atoms with Crippen molar-refractivity contribution < 1.29 is 22.7 Å². The lowest BCUT2D eigenvalue weighted by Gasteiger charge is -2.27. The van der Waals surface area contributed by atoms with Gasteiger partial charge in [0.1, 0.15) is 21.5 Å². The van der Waals surface area contributed by atoms with Gasteiger partial charge in [-0.2, -0.15) is 0 Å². The fourth-order valence-corrected chi connectivity index (χ4v) is 2.64. The number of amides is 1. The van der Waals surface area contributed by atoms with Crippen LogP contribution in [0.1, 0.15) is 40.0 Å². The van der Waals surface area contributed by atoms with Crippen LogP contribution in [0.25, 0.3) is 0 Å². The third-order valence-electron chi connectivity index (χ3n) is 2.94. The summed E-state index contributed by atoms with van der Waals surface area (Å²) in [7, 11) is -3.18. The molecule has 20 heavy (non-hydrogen) atoms.